The Morgan fingerprint density at radius 1 is 1.09 bits per heavy atom. The minimum Gasteiger partial charge on any atom is -0.375 e. The van der Waals surface area contributed by atoms with Gasteiger partial charge in [0.2, 0.25) is 5.79 Å². The molecule has 0 unspecified atom stereocenters. The van der Waals surface area contributed by atoms with Crippen LogP contribution in [0.4, 0.5) is 0 Å². The molecule has 0 aliphatic carbocycles. The third-order valence-electron chi connectivity index (χ3n) is 7.01. The van der Waals surface area contributed by atoms with Crippen molar-refractivity contribution >= 4 is 5.78 Å². The maximum absolute atomic E-state index is 13.0. The lowest BCUT2D eigenvalue weighted by Gasteiger charge is -2.51. The highest BCUT2D eigenvalue weighted by molar-refractivity contribution is 5.87. The summed E-state index contributed by atoms with van der Waals surface area (Å²) in [6.45, 7) is 5.17. The van der Waals surface area contributed by atoms with E-state index in [-0.39, 0.29) is 36.9 Å². The molecule has 7 atom stereocenters. The van der Waals surface area contributed by atoms with E-state index < -0.39 is 29.9 Å². The maximum Gasteiger partial charge on any atom is 0.229 e. The highest BCUT2D eigenvalue weighted by Crippen LogP contribution is 2.40. The lowest BCUT2D eigenvalue weighted by atomic mass is 9.86. The van der Waals surface area contributed by atoms with Crippen LogP contribution in [-0.4, -0.2) is 72.3 Å². The van der Waals surface area contributed by atoms with Gasteiger partial charge in [-0.25, -0.2) is 0 Å². The number of ether oxygens (including phenoxy) is 6. The van der Waals surface area contributed by atoms with Crippen LogP contribution < -0.4 is 0 Å². The topological polar surface area (TPSA) is 92.7 Å². The van der Waals surface area contributed by atoms with Gasteiger partial charge in [0.15, 0.2) is 11.6 Å². The Bertz CT molecular complexity index is 829. The second-order valence-corrected chi connectivity index (χ2v) is 9.97. The van der Waals surface area contributed by atoms with Gasteiger partial charge in [0.25, 0.3) is 0 Å². The minimum atomic E-state index is -1.92. The molecule has 4 fully saturated rings. The average molecular weight is 463 g/mol. The van der Waals surface area contributed by atoms with Gasteiger partial charge in [-0.1, -0.05) is 30.3 Å². The molecule has 1 aromatic carbocycles. The zero-order valence-corrected chi connectivity index (χ0v) is 19.3. The van der Waals surface area contributed by atoms with Crippen molar-refractivity contribution in [3.63, 3.8) is 0 Å². The van der Waals surface area contributed by atoms with Crippen LogP contribution in [-0.2, 0) is 39.8 Å². The summed E-state index contributed by atoms with van der Waals surface area (Å²) in [7, 11) is 0. The molecule has 4 aliphatic rings. The third-order valence-corrected chi connectivity index (χ3v) is 7.01. The van der Waals surface area contributed by atoms with Crippen molar-refractivity contribution < 1.29 is 38.3 Å². The summed E-state index contributed by atoms with van der Waals surface area (Å²) >= 11 is 0. The molecular weight excluding hydrogens is 428 g/mol. The molecule has 0 radical (unpaired) electrons. The molecule has 0 saturated carbocycles. The number of carbonyl (C=O) groups is 1. The second-order valence-electron chi connectivity index (χ2n) is 9.97. The van der Waals surface area contributed by atoms with Crippen molar-refractivity contribution in [1.82, 2.24) is 0 Å². The van der Waals surface area contributed by atoms with Gasteiger partial charge in [0.05, 0.1) is 43.7 Å². The average Bonchev–Trinajstić information content (AvgIpc) is 2.78. The van der Waals surface area contributed by atoms with Gasteiger partial charge in [-0.3, -0.25) is 4.79 Å². The smallest absolute Gasteiger partial charge is 0.229 e. The number of aliphatic hydroxyl groups is 1. The summed E-state index contributed by atoms with van der Waals surface area (Å²) in [6.07, 6.45) is 0.418. The number of ketones is 1. The van der Waals surface area contributed by atoms with Crippen LogP contribution in [0.3, 0.4) is 0 Å². The van der Waals surface area contributed by atoms with Crippen LogP contribution in [0, 0.1) is 0 Å². The first kappa shape index (κ1) is 23.4. The molecule has 0 amide bonds. The third kappa shape index (κ3) is 5.17. The first-order valence-electron chi connectivity index (χ1n) is 12.0. The fourth-order valence-electron chi connectivity index (χ4n) is 5.25. The summed E-state index contributed by atoms with van der Waals surface area (Å²) < 4.78 is 36.0. The Kier molecular flexibility index (Phi) is 6.61. The fourth-order valence-corrected chi connectivity index (χ4v) is 5.25. The molecule has 5 rings (SSSR count). The standard InChI is InChI=1S/C25H34O8/c1-24(2)30-15-22-20(32-24)11-19-18(31-22)12-23(26)25(27,33-19)13-21-17(9-6-10-28-21)29-14-16-7-4-3-5-8-16/h3-5,7-8,17-22,27H,6,9-15H2,1-2H3/t17-,18-,19+,20-,21+,22+,25-/m0/s1. The van der Waals surface area contributed by atoms with E-state index in [1.807, 2.05) is 44.2 Å². The molecule has 1 aromatic rings. The Hall–Kier alpha value is -1.39. The number of fused-ring (bicyclic) bond motifs is 2. The SMILES string of the molecule is CC1(C)OC[C@H]2O[C@H]3CC(=O)[C@](O)(C[C@H]4OCCC[C@@H]4OCc4ccccc4)O[C@@H]3C[C@@H]2O1. The molecule has 8 nitrogen and oxygen atoms in total. The molecule has 0 bridgehead atoms. The lowest BCUT2D eigenvalue weighted by Crippen LogP contribution is -2.64. The summed E-state index contributed by atoms with van der Waals surface area (Å²) in [5.41, 5.74) is 1.07. The number of carbonyl (C=O) groups excluding carboxylic acids is 1. The summed E-state index contributed by atoms with van der Waals surface area (Å²) in [5, 5.41) is 11.3. The zero-order chi connectivity index (χ0) is 23.1. The first-order valence-corrected chi connectivity index (χ1v) is 12.0. The summed E-state index contributed by atoms with van der Waals surface area (Å²) in [6, 6.07) is 9.93. The van der Waals surface area contributed by atoms with Crippen molar-refractivity contribution in [2.45, 2.75) is 101 Å². The van der Waals surface area contributed by atoms with Gasteiger partial charge in [-0.15, -0.1) is 0 Å². The molecule has 8 heteroatoms. The number of Topliss-reactive ketones (excluding diaryl/α,β-unsaturated/α-hetero) is 1. The molecule has 4 heterocycles. The number of benzene rings is 1. The minimum absolute atomic E-state index is 0.0397. The Balaban J connectivity index is 1.24. The first-order chi connectivity index (χ1) is 15.8. The van der Waals surface area contributed by atoms with Crippen molar-refractivity contribution in [1.29, 1.82) is 0 Å². The number of rotatable bonds is 5. The van der Waals surface area contributed by atoms with Gasteiger partial charge in [-0.05, 0) is 32.3 Å². The van der Waals surface area contributed by atoms with Crippen LogP contribution in [0.15, 0.2) is 30.3 Å². The Morgan fingerprint density at radius 2 is 1.88 bits per heavy atom. The molecule has 0 aromatic heterocycles. The largest absolute Gasteiger partial charge is 0.375 e. The van der Waals surface area contributed by atoms with E-state index in [4.69, 9.17) is 28.4 Å². The van der Waals surface area contributed by atoms with Gasteiger partial charge in [0.1, 0.15) is 6.10 Å². The lowest BCUT2D eigenvalue weighted by molar-refractivity contribution is -0.357. The predicted octanol–water partition coefficient (Wildman–Crippen LogP) is 2.50. The highest BCUT2D eigenvalue weighted by Gasteiger charge is 2.55. The second kappa shape index (κ2) is 9.34. The van der Waals surface area contributed by atoms with Crippen LogP contribution in [0.5, 0.6) is 0 Å². The van der Waals surface area contributed by atoms with Crippen LogP contribution in [0.2, 0.25) is 0 Å². The van der Waals surface area contributed by atoms with Gasteiger partial charge >= 0.3 is 0 Å². The Morgan fingerprint density at radius 3 is 2.70 bits per heavy atom. The Labute approximate surface area is 194 Å². The molecule has 4 saturated heterocycles. The van der Waals surface area contributed by atoms with Crippen LogP contribution >= 0.6 is 0 Å². The van der Waals surface area contributed by atoms with Gasteiger partial charge < -0.3 is 33.5 Å². The molecule has 33 heavy (non-hydrogen) atoms. The predicted molar refractivity (Wildman–Crippen MR) is 116 cm³/mol. The molecule has 182 valence electrons. The van der Waals surface area contributed by atoms with E-state index in [2.05, 4.69) is 0 Å². The van der Waals surface area contributed by atoms with Crippen LogP contribution in [0.1, 0.15) is 51.5 Å². The van der Waals surface area contributed by atoms with E-state index in [1.165, 1.54) is 0 Å². The van der Waals surface area contributed by atoms with Gasteiger partial charge in [-0.2, -0.15) is 0 Å². The normalized spacial score (nSPS) is 40.6. The molecule has 4 aliphatic heterocycles. The zero-order valence-electron chi connectivity index (χ0n) is 19.3. The van der Waals surface area contributed by atoms with E-state index in [0.717, 1.165) is 18.4 Å². The monoisotopic (exact) mass is 462 g/mol. The van der Waals surface area contributed by atoms with Crippen molar-refractivity contribution in [2.75, 3.05) is 13.2 Å². The van der Waals surface area contributed by atoms with Crippen molar-refractivity contribution in [3.05, 3.63) is 35.9 Å². The maximum atomic E-state index is 13.0. The van der Waals surface area contributed by atoms with E-state index >= 15 is 0 Å². The fraction of sp³-hybridized carbons (Fsp3) is 0.720. The van der Waals surface area contributed by atoms with Crippen LogP contribution in [0.25, 0.3) is 0 Å². The summed E-state index contributed by atoms with van der Waals surface area (Å²) in [5.74, 6) is -3.00. The van der Waals surface area contributed by atoms with E-state index in [0.29, 0.717) is 26.2 Å². The van der Waals surface area contributed by atoms with Crippen molar-refractivity contribution in [2.24, 2.45) is 0 Å². The molecular formula is C25H34O8. The van der Waals surface area contributed by atoms with Crippen molar-refractivity contribution in [3.8, 4) is 0 Å². The van der Waals surface area contributed by atoms with Gasteiger partial charge in [0, 0.05) is 25.9 Å². The quantitative estimate of drug-likeness (QED) is 0.714. The molecule has 0 spiro atoms. The number of hydrogen-bond donors (Lipinski definition) is 1. The van der Waals surface area contributed by atoms with E-state index in [1.54, 1.807) is 0 Å². The molecule has 1 N–H and O–H groups in total. The summed E-state index contributed by atoms with van der Waals surface area (Å²) in [4.78, 5) is 13.0. The highest BCUT2D eigenvalue weighted by atomic mass is 16.7. The number of hydrogen-bond acceptors (Lipinski definition) is 8. The van der Waals surface area contributed by atoms with E-state index in [9.17, 15) is 9.90 Å².